The first kappa shape index (κ1) is 14.1. The SMILES string of the molecule is CCNCc1cccc(C)c1OCc1noc(C2CC2)n1. The van der Waals surface area contributed by atoms with Gasteiger partial charge in [0.2, 0.25) is 11.7 Å². The van der Waals surface area contributed by atoms with Gasteiger partial charge in [0.15, 0.2) is 6.61 Å². The van der Waals surface area contributed by atoms with Crippen LogP contribution < -0.4 is 10.1 Å². The summed E-state index contributed by atoms with van der Waals surface area (Å²) in [6.45, 7) is 6.22. The predicted octanol–water partition coefficient (Wildman–Crippen LogP) is 2.94. The Kier molecular flexibility index (Phi) is 4.20. The molecule has 1 aliphatic carbocycles. The summed E-state index contributed by atoms with van der Waals surface area (Å²) in [6.07, 6.45) is 2.32. The molecule has 112 valence electrons. The molecule has 0 saturated heterocycles. The highest BCUT2D eigenvalue weighted by Gasteiger charge is 2.29. The molecule has 5 heteroatoms. The highest BCUT2D eigenvalue weighted by molar-refractivity contribution is 5.40. The number of aryl methyl sites for hydroxylation is 1. The Hall–Kier alpha value is -1.88. The molecule has 5 nitrogen and oxygen atoms in total. The molecule has 1 saturated carbocycles. The molecule has 0 bridgehead atoms. The minimum absolute atomic E-state index is 0.347. The highest BCUT2D eigenvalue weighted by Crippen LogP contribution is 2.38. The first-order valence-corrected chi connectivity index (χ1v) is 7.52. The Balaban J connectivity index is 1.68. The van der Waals surface area contributed by atoms with Crippen molar-refractivity contribution in [2.24, 2.45) is 0 Å². The molecule has 1 N–H and O–H groups in total. The van der Waals surface area contributed by atoms with Crippen molar-refractivity contribution < 1.29 is 9.26 Å². The summed E-state index contributed by atoms with van der Waals surface area (Å²) in [6, 6.07) is 6.18. The lowest BCUT2D eigenvalue weighted by Gasteiger charge is -2.13. The summed E-state index contributed by atoms with van der Waals surface area (Å²) >= 11 is 0. The molecule has 3 rings (SSSR count). The Morgan fingerprint density at radius 3 is 3.00 bits per heavy atom. The van der Waals surface area contributed by atoms with Gasteiger partial charge in [0.05, 0.1) is 0 Å². The molecule has 1 fully saturated rings. The van der Waals surface area contributed by atoms with Gasteiger partial charge in [0.1, 0.15) is 5.75 Å². The first-order chi connectivity index (χ1) is 10.3. The lowest BCUT2D eigenvalue weighted by atomic mass is 10.1. The smallest absolute Gasteiger partial charge is 0.229 e. The van der Waals surface area contributed by atoms with E-state index in [1.807, 2.05) is 0 Å². The summed E-state index contributed by atoms with van der Waals surface area (Å²) in [5.74, 6) is 2.77. The van der Waals surface area contributed by atoms with E-state index in [9.17, 15) is 0 Å². The van der Waals surface area contributed by atoms with Crippen LogP contribution in [0.15, 0.2) is 22.7 Å². The quantitative estimate of drug-likeness (QED) is 0.848. The van der Waals surface area contributed by atoms with Gasteiger partial charge in [-0.2, -0.15) is 4.98 Å². The van der Waals surface area contributed by atoms with Crippen LogP contribution in [0.1, 0.15) is 48.5 Å². The molecule has 0 amide bonds. The molecule has 1 aromatic heterocycles. The minimum atomic E-state index is 0.347. The van der Waals surface area contributed by atoms with Gasteiger partial charge < -0.3 is 14.6 Å². The molecule has 0 radical (unpaired) electrons. The highest BCUT2D eigenvalue weighted by atomic mass is 16.5. The molecule has 0 atom stereocenters. The van der Waals surface area contributed by atoms with E-state index in [2.05, 4.69) is 47.5 Å². The van der Waals surface area contributed by atoms with Crippen molar-refractivity contribution in [1.82, 2.24) is 15.5 Å². The molecule has 21 heavy (non-hydrogen) atoms. The number of benzene rings is 1. The number of aromatic nitrogens is 2. The maximum Gasteiger partial charge on any atom is 0.229 e. The molecular formula is C16H21N3O2. The van der Waals surface area contributed by atoms with Crippen molar-refractivity contribution in [2.45, 2.75) is 45.8 Å². The summed E-state index contributed by atoms with van der Waals surface area (Å²) in [5.41, 5.74) is 2.28. The van der Waals surface area contributed by atoms with Crippen molar-refractivity contribution >= 4 is 0 Å². The Bertz CT molecular complexity index is 605. The van der Waals surface area contributed by atoms with Gasteiger partial charge in [-0.05, 0) is 31.9 Å². The summed E-state index contributed by atoms with van der Waals surface area (Å²) in [4.78, 5) is 4.39. The molecule has 1 heterocycles. The zero-order valence-electron chi connectivity index (χ0n) is 12.6. The van der Waals surface area contributed by atoms with Gasteiger partial charge in [-0.1, -0.05) is 30.3 Å². The molecule has 1 aliphatic rings. The monoisotopic (exact) mass is 287 g/mol. The predicted molar refractivity (Wildman–Crippen MR) is 79.2 cm³/mol. The fourth-order valence-electron chi connectivity index (χ4n) is 2.28. The van der Waals surface area contributed by atoms with Gasteiger partial charge in [-0.25, -0.2) is 0 Å². The van der Waals surface area contributed by atoms with E-state index in [1.165, 1.54) is 0 Å². The van der Waals surface area contributed by atoms with Gasteiger partial charge in [-0.3, -0.25) is 0 Å². The Morgan fingerprint density at radius 2 is 2.24 bits per heavy atom. The van der Waals surface area contributed by atoms with Crippen molar-refractivity contribution in [3.05, 3.63) is 41.0 Å². The van der Waals surface area contributed by atoms with Gasteiger partial charge >= 0.3 is 0 Å². The molecular weight excluding hydrogens is 266 g/mol. The number of nitrogens with one attached hydrogen (secondary N) is 1. The number of hydrogen-bond acceptors (Lipinski definition) is 5. The lowest BCUT2D eigenvalue weighted by Crippen LogP contribution is -2.13. The number of hydrogen-bond donors (Lipinski definition) is 1. The maximum absolute atomic E-state index is 5.94. The molecule has 2 aromatic rings. The van der Waals surface area contributed by atoms with Crippen LogP contribution in [-0.2, 0) is 13.2 Å². The molecule has 0 unspecified atom stereocenters. The Morgan fingerprint density at radius 1 is 1.38 bits per heavy atom. The van der Waals surface area contributed by atoms with Crippen LogP contribution in [-0.4, -0.2) is 16.7 Å². The van der Waals surface area contributed by atoms with Crippen LogP contribution in [0, 0.1) is 6.92 Å². The van der Waals surface area contributed by atoms with E-state index < -0.39 is 0 Å². The molecule has 0 aliphatic heterocycles. The van der Waals surface area contributed by atoms with Crippen molar-refractivity contribution in [3.8, 4) is 5.75 Å². The third-order valence-electron chi connectivity index (χ3n) is 3.61. The van der Waals surface area contributed by atoms with E-state index in [-0.39, 0.29) is 0 Å². The largest absolute Gasteiger partial charge is 0.485 e. The van der Waals surface area contributed by atoms with E-state index in [1.54, 1.807) is 0 Å². The van der Waals surface area contributed by atoms with Crippen molar-refractivity contribution in [2.75, 3.05) is 6.54 Å². The van der Waals surface area contributed by atoms with E-state index in [0.717, 1.165) is 48.7 Å². The van der Waals surface area contributed by atoms with E-state index in [0.29, 0.717) is 18.3 Å². The number of ether oxygens (including phenoxy) is 1. The molecule has 1 aromatic carbocycles. The lowest BCUT2D eigenvalue weighted by molar-refractivity contribution is 0.280. The fraction of sp³-hybridized carbons (Fsp3) is 0.500. The minimum Gasteiger partial charge on any atom is -0.485 e. The zero-order chi connectivity index (χ0) is 14.7. The van der Waals surface area contributed by atoms with Gasteiger partial charge in [-0.15, -0.1) is 0 Å². The van der Waals surface area contributed by atoms with Crippen LogP contribution in [0.25, 0.3) is 0 Å². The summed E-state index contributed by atoms with van der Waals surface area (Å²) in [7, 11) is 0. The van der Waals surface area contributed by atoms with Crippen molar-refractivity contribution in [3.63, 3.8) is 0 Å². The number of para-hydroxylation sites is 1. The third kappa shape index (κ3) is 3.42. The number of nitrogens with zero attached hydrogens (tertiary/aromatic N) is 2. The maximum atomic E-state index is 5.94. The van der Waals surface area contributed by atoms with E-state index in [4.69, 9.17) is 9.26 Å². The first-order valence-electron chi connectivity index (χ1n) is 7.52. The standard InChI is InChI=1S/C16H21N3O2/c1-3-17-9-13-6-4-5-11(2)15(13)20-10-14-18-16(21-19-14)12-7-8-12/h4-6,12,17H,3,7-10H2,1-2H3. The average Bonchev–Trinajstić information content (AvgIpc) is 3.23. The van der Waals surface area contributed by atoms with Gasteiger partial charge in [0.25, 0.3) is 0 Å². The third-order valence-corrected chi connectivity index (χ3v) is 3.61. The van der Waals surface area contributed by atoms with Crippen LogP contribution >= 0.6 is 0 Å². The second-order valence-corrected chi connectivity index (χ2v) is 5.46. The topological polar surface area (TPSA) is 60.2 Å². The average molecular weight is 287 g/mol. The summed E-state index contributed by atoms with van der Waals surface area (Å²) < 4.78 is 11.2. The van der Waals surface area contributed by atoms with Crippen LogP contribution in [0.4, 0.5) is 0 Å². The normalized spacial score (nSPS) is 14.4. The second-order valence-electron chi connectivity index (χ2n) is 5.46. The fourth-order valence-corrected chi connectivity index (χ4v) is 2.28. The van der Waals surface area contributed by atoms with Crippen LogP contribution in [0.5, 0.6) is 5.75 Å². The molecule has 0 spiro atoms. The van der Waals surface area contributed by atoms with Crippen LogP contribution in [0.3, 0.4) is 0 Å². The number of rotatable bonds is 7. The van der Waals surface area contributed by atoms with Gasteiger partial charge in [0, 0.05) is 18.0 Å². The van der Waals surface area contributed by atoms with E-state index >= 15 is 0 Å². The Labute approximate surface area is 124 Å². The van der Waals surface area contributed by atoms with Crippen molar-refractivity contribution in [1.29, 1.82) is 0 Å². The summed E-state index contributed by atoms with van der Waals surface area (Å²) in [5, 5.41) is 7.32. The van der Waals surface area contributed by atoms with Crippen LogP contribution in [0.2, 0.25) is 0 Å². The second kappa shape index (κ2) is 6.26. The zero-order valence-corrected chi connectivity index (χ0v) is 12.6.